The first kappa shape index (κ1) is 15.8. The van der Waals surface area contributed by atoms with Crippen molar-refractivity contribution in [1.29, 1.82) is 0 Å². The molecule has 1 atom stereocenters. The smallest absolute Gasteiger partial charge is 0.322 e. The lowest BCUT2D eigenvalue weighted by Crippen LogP contribution is -2.40. The van der Waals surface area contributed by atoms with E-state index in [9.17, 15) is 17.6 Å². The molecule has 2 N–H and O–H groups in total. The van der Waals surface area contributed by atoms with Gasteiger partial charge >= 0.3 is 5.97 Å². The van der Waals surface area contributed by atoms with E-state index < -0.39 is 27.9 Å². The number of aliphatic carboxylic acids is 1. The molecule has 0 aliphatic heterocycles. The maximum absolute atomic E-state index is 12.9. The Hall–Kier alpha value is -1.25. The zero-order chi connectivity index (χ0) is 14.6. The highest BCUT2D eigenvalue weighted by Crippen LogP contribution is 2.23. The number of hydrogen-bond acceptors (Lipinski definition) is 3. The summed E-state index contributed by atoms with van der Waals surface area (Å²) in [5, 5.41) is 8.88. The maximum Gasteiger partial charge on any atom is 0.322 e. The largest absolute Gasteiger partial charge is 0.480 e. The van der Waals surface area contributed by atoms with Gasteiger partial charge in [-0.25, -0.2) is 12.8 Å². The number of halogens is 2. The summed E-state index contributed by atoms with van der Waals surface area (Å²) in [4.78, 5) is 10.7. The van der Waals surface area contributed by atoms with Crippen LogP contribution in [0.25, 0.3) is 0 Å². The van der Waals surface area contributed by atoms with E-state index in [4.69, 9.17) is 5.11 Å². The van der Waals surface area contributed by atoms with Crippen molar-refractivity contribution in [3.63, 3.8) is 0 Å². The van der Waals surface area contributed by atoms with Gasteiger partial charge in [-0.1, -0.05) is 6.08 Å². The zero-order valence-corrected chi connectivity index (χ0v) is 12.0. The molecule has 0 saturated carbocycles. The van der Waals surface area contributed by atoms with Crippen LogP contribution in [0.3, 0.4) is 0 Å². The first-order chi connectivity index (χ1) is 8.77. The Labute approximate surface area is 118 Å². The zero-order valence-electron chi connectivity index (χ0n) is 9.64. The Kier molecular flexibility index (Phi) is 5.21. The molecule has 5 nitrogen and oxygen atoms in total. The monoisotopic (exact) mass is 351 g/mol. The van der Waals surface area contributed by atoms with Gasteiger partial charge in [-0.3, -0.25) is 4.79 Å². The molecule has 1 aromatic rings. The van der Waals surface area contributed by atoms with Crippen molar-refractivity contribution in [1.82, 2.24) is 4.72 Å². The molecule has 0 aliphatic carbocycles. The highest BCUT2D eigenvalue weighted by molar-refractivity contribution is 9.10. The number of rotatable bonds is 6. The van der Waals surface area contributed by atoms with Gasteiger partial charge in [-0.15, -0.1) is 6.58 Å². The van der Waals surface area contributed by atoms with E-state index in [1.54, 1.807) is 0 Å². The molecule has 1 rings (SSSR count). The fourth-order valence-electron chi connectivity index (χ4n) is 1.31. The van der Waals surface area contributed by atoms with Gasteiger partial charge in [0.1, 0.15) is 11.9 Å². The summed E-state index contributed by atoms with van der Waals surface area (Å²) < 4.78 is 38.9. The number of nitrogens with one attached hydrogen (secondary N) is 1. The molecule has 0 aliphatic rings. The second kappa shape index (κ2) is 6.27. The molecule has 0 saturated heterocycles. The van der Waals surface area contributed by atoms with Crippen molar-refractivity contribution >= 4 is 31.9 Å². The minimum atomic E-state index is -4.07. The lowest BCUT2D eigenvalue weighted by Gasteiger charge is -2.13. The summed E-state index contributed by atoms with van der Waals surface area (Å²) in [7, 11) is -4.07. The van der Waals surface area contributed by atoms with Crippen LogP contribution in [0.2, 0.25) is 0 Å². The molecular formula is C11H11BrFNO4S. The lowest BCUT2D eigenvalue weighted by molar-refractivity contribution is -0.138. The van der Waals surface area contributed by atoms with Gasteiger partial charge in [0.05, 0.1) is 4.90 Å². The number of carboxylic acid groups (broad SMARTS) is 1. The van der Waals surface area contributed by atoms with Crippen molar-refractivity contribution in [3.05, 3.63) is 41.1 Å². The highest BCUT2D eigenvalue weighted by Gasteiger charge is 2.25. The van der Waals surface area contributed by atoms with Crippen LogP contribution in [-0.2, 0) is 14.8 Å². The first-order valence-corrected chi connectivity index (χ1v) is 7.36. The van der Waals surface area contributed by atoms with Gasteiger partial charge < -0.3 is 5.11 Å². The maximum atomic E-state index is 12.9. The van der Waals surface area contributed by atoms with Crippen molar-refractivity contribution < 1.29 is 22.7 Å². The third kappa shape index (κ3) is 4.12. The molecule has 0 amide bonds. The van der Waals surface area contributed by atoms with Crippen molar-refractivity contribution in [2.75, 3.05) is 0 Å². The molecule has 8 heteroatoms. The van der Waals surface area contributed by atoms with Gasteiger partial charge in [0.15, 0.2) is 0 Å². The van der Waals surface area contributed by atoms with Crippen molar-refractivity contribution in [2.24, 2.45) is 0 Å². The number of sulfonamides is 1. The van der Waals surface area contributed by atoms with E-state index in [1.807, 2.05) is 4.72 Å². The average Bonchev–Trinajstić information content (AvgIpc) is 2.27. The molecule has 0 heterocycles. The van der Waals surface area contributed by atoms with Crippen LogP contribution in [0.5, 0.6) is 0 Å². The first-order valence-electron chi connectivity index (χ1n) is 5.09. The van der Waals surface area contributed by atoms with Gasteiger partial charge in [-0.05, 0) is 40.5 Å². The van der Waals surface area contributed by atoms with E-state index in [2.05, 4.69) is 22.5 Å². The Bertz CT molecular complexity index is 603. The summed E-state index contributed by atoms with van der Waals surface area (Å²) in [6, 6.07) is 1.69. The summed E-state index contributed by atoms with van der Waals surface area (Å²) >= 11 is 2.92. The van der Waals surface area contributed by atoms with Crippen LogP contribution < -0.4 is 4.72 Å². The quantitative estimate of drug-likeness (QED) is 0.766. The fourth-order valence-corrected chi connectivity index (χ4v) is 3.56. The minimum Gasteiger partial charge on any atom is -0.480 e. The normalized spacial score (nSPS) is 12.9. The van der Waals surface area contributed by atoms with E-state index >= 15 is 0 Å². The molecular weight excluding hydrogens is 341 g/mol. The van der Waals surface area contributed by atoms with Crippen LogP contribution in [-0.4, -0.2) is 25.5 Å². The SMILES string of the molecule is C=CCC(NS(=O)(=O)c1ccc(F)cc1Br)C(=O)O. The summed E-state index contributed by atoms with van der Waals surface area (Å²) in [6.07, 6.45) is 1.23. The van der Waals surface area contributed by atoms with E-state index in [0.717, 1.165) is 18.2 Å². The third-order valence-corrected chi connectivity index (χ3v) is 4.63. The van der Waals surface area contributed by atoms with E-state index in [1.165, 1.54) is 6.08 Å². The third-order valence-electron chi connectivity index (χ3n) is 2.18. The van der Waals surface area contributed by atoms with Gasteiger partial charge in [0.25, 0.3) is 0 Å². The molecule has 0 spiro atoms. The number of hydrogen-bond donors (Lipinski definition) is 2. The Morgan fingerprint density at radius 3 is 2.68 bits per heavy atom. The summed E-state index contributed by atoms with van der Waals surface area (Å²) in [6.45, 7) is 3.36. The van der Waals surface area contributed by atoms with Gasteiger partial charge in [-0.2, -0.15) is 4.72 Å². The molecule has 19 heavy (non-hydrogen) atoms. The Morgan fingerprint density at radius 2 is 2.21 bits per heavy atom. The standard InChI is InChI=1S/C11H11BrFNO4S/c1-2-3-9(11(15)16)14-19(17,18)10-5-4-7(13)6-8(10)12/h2,4-6,9,14H,1,3H2,(H,15,16). The number of carbonyl (C=O) groups is 1. The summed E-state index contributed by atoms with van der Waals surface area (Å²) in [5.74, 6) is -1.92. The van der Waals surface area contributed by atoms with Gasteiger partial charge in [0.2, 0.25) is 10.0 Å². The number of benzene rings is 1. The molecule has 0 fully saturated rings. The van der Waals surface area contributed by atoms with Crippen LogP contribution in [0, 0.1) is 5.82 Å². The second-order valence-electron chi connectivity index (χ2n) is 3.61. The molecule has 1 aromatic carbocycles. The Morgan fingerprint density at radius 1 is 1.58 bits per heavy atom. The Balaban J connectivity index is 3.09. The minimum absolute atomic E-state index is 0.0164. The molecule has 0 bridgehead atoms. The topological polar surface area (TPSA) is 83.5 Å². The number of carboxylic acids is 1. The fraction of sp³-hybridized carbons (Fsp3) is 0.182. The van der Waals surface area contributed by atoms with Crippen molar-refractivity contribution in [3.8, 4) is 0 Å². The van der Waals surface area contributed by atoms with Gasteiger partial charge in [0, 0.05) is 4.47 Å². The molecule has 104 valence electrons. The second-order valence-corrected chi connectivity index (χ2v) is 6.15. The van der Waals surface area contributed by atoms with Crippen LogP contribution >= 0.6 is 15.9 Å². The highest BCUT2D eigenvalue weighted by atomic mass is 79.9. The predicted molar refractivity (Wildman–Crippen MR) is 70.7 cm³/mol. The molecule has 0 radical (unpaired) electrons. The summed E-state index contributed by atoms with van der Waals surface area (Å²) in [5.41, 5.74) is 0. The molecule has 1 unspecified atom stereocenters. The van der Waals surface area contributed by atoms with Crippen LogP contribution in [0.4, 0.5) is 4.39 Å². The predicted octanol–water partition coefficient (Wildman–Crippen LogP) is 1.90. The van der Waals surface area contributed by atoms with Crippen LogP contribution in [0.15, 0.2) is 40.2 Å². The van der Waals surface area contributed by atoms with Crippen molar-refractivity contribution in [2.45, 2.75) is 17.4 Å². The van der Waals surface area contributed by atoms with E-state index in [-0.39, 0.29) is 15.8 Å². The average molecular weight is 352 g/mol. The lowest BCUT2D eigenvalue weighted by atomic mass is 10.2. The van der Waals surface area contributed by atoms with Crippen LogP contribution in [0.1, 0.15) is 6.42 Å². The molecule has 0 aromatic heterocycles. The van der Waals surface area contributed by atoms with E-state index in [0.29, 0.717) is 0 Å².